The molecule has 1 aromatic rings. The summed E-state index contributed by atoms with van der Waals surface area (Å²) in [5.74, 6) is -0.0851. The highest BCUT2D eigenvalue weighted by Crippen LogP contribution is 2.29. The molecule has 0 amide bonds. The lowest BCUT2D eigenvalue weighted by Crippen LogP contribution is -2.36. The Kier molecular flexibility index (Phi) is 6.52. The summed E-state index contributed by atoms with van der Waals surface area (Å²) >= 11 is 3.10. The fraction of sp³-hybridized carbons (Fsp3) is 0.538. The van der Waals surface area contributed by atoms with Crippen molar-refractivity contribution in [2.45, 2.75) is 24.4 Å². The zero-order valence-electron chi connectivity index (χ0n) is 11.5. The second-order valence-corrected chi connectivity index (χ2v) is 7.38. The Balaban J connectivity index is 3.26. The summed E-state index contributed by atoms with van der Waals surface area (Å²) in [6.45, 7) is 0.599. The molecule has 0 spiro atoms. The summed E-state index contributed by atoms with van der Waals surface area (Å²) in [5.41, 5.74) is 0.0997. The van der Waals surface area contributed by atoms with Gasteiger partial charge in [-0.15, -0.1) is 0 Å². The van der Waals surface area contributed by atoms with E-state index in [0.29, 0.717) is 11.8 Å². The molecule has 0 N–H and O–H groups in total. The van der Waals surface area contributed by atoms with Crippen molar-refractivity contribution in [3.05, 3.63) is 24.3 Å². The van der Waals surface area contributed by atoms with Crippen LogP contribution in [-0.2, 0) is 9.84 Å². The number of benzene rings is 1. The topological polar surface area (TPSA) is 37.4 Å². The lowest BCUT2D eigenvalue weighted by atomic mass is 10.3. The number of hydrogen-bond donors (Lipinski definition) is 0. The molecule has 0 saturated carbocycles. The van der Waals surface area contributed by atoms with Crippen LogP contribution in [0.2, 0.25) is 0 Å². The number of anilines is 1. The van der Waals surface area contributed by atoms with Crippen LogP contribution in [0.4, 0.5) is 18.9 Å². The molecule has 0 saturated heterocycles. The first-order valence-electron chi connectivity index (χ1n) is 6.40. The maximum absolute atomic E-state index is 12.7. The third kappa shape index (κ3) is 5.50. The van der Waals surface area contributed by atoms with Crippen LogP contribution in [0.15, 0.2) is 29.2 Å². The van der Waals surface area contributed by atoms with E-state index in [0.717, 1.165) is 4.90 Å². The first kappa shape index (κ1) is 18.3. The van der Waals surface area contributed by atoms with E-state index in [9.17, 15) is 21.6 Å². The number of halogens is 4. The van der Waals surface area contributed by atoms with Crippen LogP contribution in [-0.4, -0.2) is 38.8 Å². The summed E-state index contributed by atoms with van der Waals surface area (Å²) in [6.07, 6.45) is -3.99. The lowest BCUT2D eigenvalue weighted by molar-refractivity contribution is -0.119. The third-order valence-electron chi connectivity index (χ3n) is 2.74. The van der Waals surface area contributed by atoms with Crippen molar-refractivity contribution in [1.82, 2.24) is 0 Å². The monoisotopic (exact) mass is 387 g/mol. The SMILES string of the molecule is CCCS(=O)(=O)c1ccccc1N(CCBr)CC(F)(F)F. The van der Waals surface area contributed by atoms with Crippen LogP contribution in [0, 0.1) is 0 Å². The highest BCUT2D eigenvalue weighted by molar-refractivity contribution is 9.09. The summed E-state index contributed by atoms with van der Waals surface area (Å²) in [7, 11) is -3.58. The molecule has 8 heteroatoms. The first-order valence-corrected chi connectivity index (χ1v) is 9.18. The Morgan fingerprint density at radius 3 is 2.38 bits per heavy atom. The fourth-order valence-corrected chi connectivity index (χ4v) is 3.95. The Morgan fingerprint density at radius 1 is 1.24 bits per heavy atom. The molecule has 0 aromatic heterocycles. The fourth-order valence-electron chi connectivity index (χ4n) is 1.96. The number of alkyl halides is 4. The molecule has 1 rings (SSSR count). The van der Waals surface area contributed by atoms with Gasteiger partial charge in [-0.2, -0.15) is 13.2 Å². The average Bonchev–Trinajstić information content (AvgIpc) is 2.37. The van der Waals surface area contributed by atoms with E-state index in [-0.39, 0.29) is 22.9 Å². The largest absolute Gasteiger partial charge is 0.405 e. The minimum absolute atomic E-state index is 0.0444. The van der Waals surface area contributed by atoms with E-state index >= 15 is 0 Å². The van der Waals surface area contributed by atoms with Crippen LogP contribution in [0.3, 0.4) is 0 Å². The second-order valence-electron chi connectivity index (χ2n) is 4.51. The van der Waals surface area contributed by atoms with Gasteiger partial charge in [-0.1, -0.05) is 35.0 Å². The van der Waals surface area contributed by atoms with Crippen LogP contribution in [0.1, 0.15) is 13.3 Å². The Hall–Kier alpha value is -0.760. The predicted molar refractivity (Wildman–Crippen MR) is 80.8 cm³/mol. The van der Waals surface area contributed by atoms with Crippen molar-refractivity contribution in [1.29, 1.82) is 0 Å². The van der Waals surface area contributed by atoms with E-state index in [4.69, 9.17) is 0 Å². The van der Waals surface area contributed by atoms with Gasteiger partial charge in [0, 0.05) is 11.9 Å². The van der Waals surface area contributed by atoms with Gasteiger partial charge in [-0.25, -0.2) is 8.42 Å². The average molecular weight is 388 g/mol. The molecule has 3 nitrogen and oxygen atoms in total. The van der Waals surface area contributed by atoms with E-state index in [1.807, 2.05) is 0 Å². The van der Waals surface area contributed by atoms with Crippen LogP contribution in [0.25, 0.3) is 0 Å². The normalized spacial score (nSPS) is 12.4. The van der Waals surface area contributed by atoms with E-state index in [2.05, 4.69) is 15.9 Å². The summed E-state index contributed by atoms with van der Waals surface area (Å²) < 4.78 is 62.5. The molecule has 0 aliphatic heterocycles. The highest BCUT2D eigenvalue weighted by atomic mass is 79.9. The molecule has 0 aliphatic carbocycles. The lowest BCUT2D eigenvalue weighted by Gasteiger charge is -2.27. The Bertz CT molecular complexity index is 561. The smallest absolute Gasteiger partial charge is 0.361 e. The minimum Gasteiger partial charge on any atom is -0.361 e. The molecule has 120 valence electrons. The maximum Gasteiger partial charge on any atom is 0.405 e. The van der Waals surface area contributed by atoms with Gasteiger partial charge in [0.2, 0.25) is 0 Å². The molecule has 0 bridgehead atoms. The standard InChI is InChI=1S/C13H17BrF3NO2S/c1-2-9-21(19,20)12-6-4-3-5-11(12)18(8-7-14)10-13(15,16)17/h3-6H,2,7-10H2,1H3. The molecule has 0 aliphatic rings. The van der Waals surface area contributed by atoms with Gasteiger partial charge in [-0.3, -0.25) is 0 Å². The number of nitrogens with zero attached hydrogens (tertiary/aromatic N) is 1. The van der Waals surface area contributed by atoms with E-state index < -0.39 is 22.6 Å². The molecule has 0 radical (unpaired) electrons. The van der Waals surface area contributed by atoms with Crippen molar-refractivity contribution in [3.8, 4) is 0 Å². The zero-order chi connectivity index (χ0) is 16.1. The minimum atomic E-state index is -4.40. The second kappa shape index (κ2) is 7.49. The molecule has 0 unspecified atom stereocenters. The van der Waals surface area contributed by atoms with Gasteiger partial charge >= 0.3 is 6.18 Å². The van der Waals surface area contributed by atoms with Gasteiger partial charge in [0.1, 0.15) is 6.54 Å². The first-order chi connectivity index (χ1) is 9.71. The molecular weight excluding hydrogens is 371 g/mol. The van der Waals surface area contributed by atoms with Crippen molar-refractivity contribution in [2.75, 3.05) is 29.1 Å². The maximum atomic E-state index is 12.7. The number of para-hydroxylation sites is 1. The van der Waals surface area contributed by atoms with Crippen LogP contribution < -0.4 is 4.90 Å². The number of hydrogen-bond acceptors (Lipinski definition) is 3. The van der Waals surface area contributed by atoms with Gasteiger partial charge in [0.15, 0.2) is 9.84 Å². The van der Waals surface area contributed by atoms with Crippen LogP contribution in [0.5, 0.6) is 0 Å². The molecular formula is C13H17BrF3NO2S. The quantitative estimate of drug-likeness (QED) is 0.670. The summed E-state index contributed by atoms with van der Waals surface area (Å²) in [4.78, 5) is 0.995. The Morgan fingerprint density at radius 2 is 1.86 bits per heavy atom. The van der Waals surface area contributed by atoms with Gasteiger partial charge in [0.05, 0.1) is 16.3 Å². The Labute approximate surface area is 131 Å². The molecule has 0 fully saturated rings. The number of sulfone groups is 1. The van der Waals surface area contributed by atoms with Crippen molar-refractivity contribution in [2.24, 2.45) is 0 Å². The number of rotatable bonds is 7. The summed E-state index contributed by atoms with van der Waals surface area (Å²) in [6, 6.07) is 5.83. The molecule has 0 heterocycles. The van der Waals surface area contributed by atoms with E-state index in [1.54, 1.807) is 6.92 Å². The predicted octanol–water partition coefficient (Wildman–Crippen LogP) is 3.63. The molecule has 1 aromatic carbocycles. The van der Waals surface area contributed by atoms with Gasteiger partial charge in [0.25, 0.3) is 0 Å². The highest BCUT2D eigenvalue weighted by Gasteiger charge is 2.32. The third-order valence-corrected chi connectivity index (χ3v) is 5.05. The summed E-state index contributed by atoms with van der Waals surface area (Å²) in [5, 5.41) is 0.311. The van der Waals surface area contributed by atoms with Gasteiger partial charge < -0.3 is 4.90 Å². The molecule has 21 heavy (non-hydrogen) atoms. The molecule has 0 atom stereocenters. The zero-order valence-corrected chi connectivity index (χ0v) is 13.9. The van der Waals surface area contributed by atoms with Crippen molar-refractivity contribution < 1.29 is 21.6 Å². The van der Waals surface area contributed by atoms with Crippen molar-refractivity contribution in [3.63, 3.8) is 0 Å². The van der Waals surface area contributed by atoms with Crippen LogP contribution >= 0.6 is 15.9 Å². The van der Waals surface area contributed by atoms with Crippen molar-refractivity contribution >= 4 is 31.5 Å². The van der Waals surface area contributed by atoms with E-state index in [1.165, 1.54) is 24.3 Å². The van der Waals surface area contributed by atoms with Gasteiger partial charge in [-0.05, 0) is 18.6 Å².